The zero-order chi connectivity index (χ0) is 17.0. The Hall–Kier alpha value is -2.75. The van der Waals surface area contributed by atoms with E-state index < -0.39 is 17.5 Å². The maximum absolute atomic E-state index is 13.1. The van der Waals surface area contributed by atoms with Gasteiger partial charge in [-0.1, -0.05) is 91.0 Å². The largest absolute Gasteiger partial charge is 0.385 e. The third-order valence-corrected chi connectivity index (χ3v) is 4.11. The van der Waals surface area contributed by atoms with Crippen molar-refractivity contribution in [1.82, 2.24) is 0 Å². The van der Waals surface area contributed by atoms with Crippen LogP contribution >= 0.6 is 0 Å². The predicted molar refractivity (Wildman–Crippen MR) is 92.5 cm³/mol. The van der Waals surface area contributed by atoms with E-state index in [-0.39, 0.29) is 0 Å². The SMILES string of the molecule is O=C(c1ccccc1)C(O)(c1ccccc1)C(O)c1ccccc1. The molecule has 2 N–H and O–H groups in total. The molecule has 0 saturated carbocycles. The molecule has 0 saturated heterocycles. The van der Waals surface area contributed by atoms with E-state index in [9.17, 15) is 15.0 Å². The van der Waals surface area contributed by atoms with E-state index in [1.807, 2.05) is 6.07 Å². The Morgan fingerprint density at radius 2 is 1.21 bits per heavy atom. The van der Waals surface area contributed by atoms with Gasteiger partial charge in [0.25, 0.3) is 0 Å². The number of aliphatic hydroxyl groups is 2. The summed E-state index contributed by atoms with van der Waals surface area (Å²) in [6.07, 6.45) is -1.38. The minimum Gasteiger partial charge on any atom is -0.385 e. The molecular formula is C21H18O3. The molecule has 3 rings (SSSR count). The highest BCUT2D eigenvalue weighted by Crippen LogP contribution is 2.38. The zero-order valence-corrected chi connectivity index (χ0v) is 13.0. The van der Waals surface area contributed by atoms with Crippen LogP contribution in [0.15, 0.2) is 91.0 Å². The molecule has 24 heavy (non-hydrogen) atoms. The van der Waals surface area contributed by atoms with E-state index >= 15 is 0 Å². The molecule has 0 aliphatic heterocycles. The van der Waals surface area contributed by atoms with E-state index in [1.165, 1.54) is 0 Å². The Morgan fingerprint density at radius 3 is 1.75 bits per heavy atom. The molecule has 2 atom stereocenters. The van der Waals surface area contributed by atoms with Crippen LogP contribution in [0.25, 0.3) is 0 Å². The second-order valence-corrected chi connectivity index (χ2v) is 5.64. The number of hydrogen-bond acceptors (Lipinski definition) is 3. The second-order valence-electron chi connectivity index (χ2n) is 5.64. The van der Waals surface area contributed by atoms with Gasteiger partial charge in [-0.25, -0.2) is 0 Å². The summed E-state index contributed by atoms with van der Waals surface area (Å²) < 4.78 is 0. The van der Waals surface area contributed by atoms with Gasteiger partial charge in [-0.15, -0.1) is 0 Å². The smallest absolute Gasteiger partial charge is 0.202 e. The van der Waals surface area contributed by atoms with Crippen LogP contribution in [0.2, 0.25) is 0 Å². The summed E-state index contributed by atoms with van der Waals surface area (Å²) in [5.74, 6) is -0.536. The van der Waals surface area contributed by atoms with Crippen LogP contribution in [0.4, 0.5) is 0 Å². The van der Waals surface area contributed by atoms with Gasteiger partial charge in [-0.3, -0.25) is 4.79 Å². The van der Waals surface area contributed by atoms with Crippen molar-refractivity contribution in [3.63, 3.8) is 0 Å². The molecule has 0 amide bonds. The lowest BCUT2D eigenvalue weighted by Crippen LogP contribution is -2.42. The number of ketones is 1. The van der Waals surface area contributed by atoms with Gasteiger partial charge in [-0.05, 0) is 11.1 Å². The number of benzene rings is 3. The van der Waals surface area contributed by atoms with Crippen molar-refractivity contribution in [2.75, 3.05) is 0 Å². The zero-order valence-electron chi connectivity index (χ0n) is 13.0. The standard InChI is InChI=1S/C21H18O3/c22-19(16-10-4-1-5-11-16)21(24,18-14-8-3-9-15-18)20(23)17-12-6-2-7-13-17/h1-15,19,22,24H. The average Bonchev–Trinajstić information content (AvgIpc) is 2.68. The molecule has 0 spiro atoms. The van der Waals surface area contributed by atoms with Gasteiger partial charge in [0.05, 0.1) is 0 Å². The predicted octanol–water partition coefficient (Wildman–Crippen LogP) is 3.49. The molecular weight excluding hydrogens is 300 g/mol. The minimum absolute atomic E-state index is 0.346. The lowest BCUT2D eigenvalue weighted by Gasteiger charge is -2.32. The topological polar surface area (TPSA) is 57.5 Å². The van der Waals surface area contributed by atoms with Gasteiger partial charge in [-0.2, -0.15) is 0 Å². The van der Waals surface area contributed by atoms with Crippen molar-refractivity contribution in [3.8, 4) is 0 Å². The molecule has 0 aromatic heterocycles. The molecule has 3 aromatic rings. The molecule has 0 aliphatic rings. The highest BCUT2D eigenvalue weighted by atomic mass is 16.3. The van der Waals surface area contributed by atoms with E-state index in [0.29, 0.717) is 16.7 Å². The molecule has 3 aromatic carbocycles. The fourth-order valence-electron chi connectivity index (χ4n) is 2.79. The Balaban J connectivity index is 2.13. The van der Waals surface area contributed by atoms with Gasteiger partial charge >= 0.3 is 0 Å². The molecule has 0 heterocycles. The first-order chi connectivity index (χ1) is 11.6. The first-order valence-corrected chi connectivity index (χ1v) is 7.75. The van der Waals surface area contributed by atoms with Gasteiger partial charge < -0.3 is 10.2 Å². The Kier molecular flexibility index (Phi) is 4.56. The second kappa shape index (κ2) is 6.79. The van der Waals surface area contributed by atoms with Gasteiger partial charge in [0, 0.05) is 5.56 Å². The molecule has 2 unspecified atom stereocenters. The summed E-state index contributed by atoms with van der Waals surface area (Å²) in [7, 11) is 0. The third kappa shape index (κ3) is 2.87. The quantitative estimate of drug-likeness (QED) is 0.708. The van der Waals surface area contributed by atoms with Crippen LogP contribution in [0.5, 0.6) is 0 Å². The van der Waals surface area contributed by atoms with E-state index in [1.54, 1.807) is 84.9 Å². The lowest BCUT2D eigenvalue weighted by atomic mass is 9.79. The molecule has 0 aliphatic carbocycles. The van der Waals surface area contributed by atoms with E-state index in [2.05, 4.69) is 0 Å². The number of carbonyl (C=O) groups excluding carboxylic acids is 1. The molecule has 120 valence electrons. The minimum atomic E-state index is -2.07. The summed E-state index contributed by atoms with van der Waals surface area (Å²) in [4.78, 5) is 13.1. The number of Topliss-reactive ketones (excluding diaryl/α,β-unsaturated/α-hetero) is 1. The van der Waals surface area contributed by atoms with Crippen LogP contribution in [0.1, 0.15) is 27.6 Å². The molecule has 3 heteroatoms. The monoisotopic (exact) mass is 318 g/mol. The Morgan fingerprint density at radius 1 is 0.750 bits per heavy atom. The van der Waals surface area contributed by atoms with Crippen molar-refractivity contribution in [2.45, 2.75) is 11.7 Å². The number of rotatable bonds is 5. The van der Waals surface area contributed by atoms with Crippen LogP contribution in [-0.2, 0) is 5.60 Å². The van der Waals surface area contributed by atoms with Crippen LogP contribution < -0.4 is 0 Å². The lowest BCUT2D eigenvalue weighted by molar-refractivity contribution is -0.0567. The van der Waals surface area contributed by atoms with E-state index in [0.717, 1.165) is 0 Å². The van der Waals surface area contributed by atoms with Crippen molar-refractivity contribution in [1.29, 1.82) is 0 Å². The molecule has 0 fully saturated rings. The van der Waals surface area contributed by atoms with Crippen LogP contribution in [0, 0.1) is 0 Å². The normalized spacial score (nSPS) is 14.6. The summed E-state index contributed by atoms with van der Waals surface area (Å²) in [6.45, 7) is 0. The van der Waals surface area contributed by atoms with Gasteiger partial charge in [0.1, 0.15) is 6.10 Å². The maximum Gasteiger partial charge on any atom is 0.202 e. The summed E-state index contributed by atoms with van der Waals surface area (Å²) in [5.41, 5.74) is -0.883. The van der Waals surface area contributed by atoms with Crippen molar-refractivity contribution in [2.24, 2.45) is 0 Å². The third-order valence-electron chi connectivity index (χ3n) is 4.11. The number of aliphatic hydroxyl groups excluding tert-OH is 1. The highest BCUT2D eigenvalue weighted by Gasteiger charge is 2.45. The Bertz CT molecular complexity index is 800. The summed E-state index contributed by atoms with van der Waals surface area (Å²) >= 11 is 0. The average molecular weight is 318 g/mol. The highest BCUT2D eigenvalue weighted by molar-refractivity contribution is 6.03. The molecule has 0 radical (unpaired) electrons. The first-order valence-electron chi connectivity index (χ1n) is 7.75. The van der Waals surface area contributed by atoms with Gasteiger partial charge in [0.2, 0.25) is 5.78 Å². The number of hydrogen-bond donors (Lipinski definition) is 2. The van der Waals surface area contributed by atoms with Crippen LogP contribution in [-0.4, -0.2) is 16.0 Å². The van der Waals surface area contributed by atoms with Gasteiger partial charge in [0.15, 0.2) is 5.60 Å². The van der Waals surface area contributed by atoms with Crippen molar-refractivity contribution in [3.05, 3.63) is 108 Å². The molecule has 3 nitrogen and oxygen atoms in total. The molecule has 0 bridgehead atoms. The fraction of sp³-hybridized carbons (Fsp3) is 0.0952. The maximum atomic E-state index is 13.1. The van der Waals surface area contributed by atoms with Crippen molar-refractivity contribution >= 4 is 5.78 Å². The Labute approximate surface area is 140 Å². The van der Waals surface area contributed by atoms with Crippen LogP contribution in [0.3, 0.4) is 0 Å². The van der Waals surface area contributed by atoms with E-state index in [4.69, 9.17) is 0 Å². The summed E-state index contributed by atoms with van der Waals surface area (Å²) in [5, 5.41) is 22.2. The first kappa shape index (κ1) is 16.1. The number of carbonyl (C=O) groups is 1. The summed E-state index contributed by atoms with van der Waals surface area (Å²) in [6, 6.07) is 25.8. The van der Waals surface area contributed by atoms with Crippen molar-refractivity contribution < 1.29 is 15.0 Å². The fourth-order valence-corrected chi connectivity index (χ4v) is 2.79.